The van der Waals surface area contributed by atoms with Crippen LogP contribution in [0.2, 0.25) is 0 Å². The molecule has 2 aliphatic heterocycles. The number of urea groups is 1. The van der Waals surface area contributed by atoms with E-state index in [1.165, 1.54) is 0 Å². The molecule has 142 valence electrons. The number of hydrogen-bond acceptors (Lipinski definition) is 5. The van der Waals surface area contributed by atoms with Crippen molar-refractivity contribution in [2.45, 2.75) is 38.8 Å². The van der Waals surface area contributed by atoms with Gasteiger partial charge in [0, 0.05) is 44.7 Å². The molecule has 1 aromatic heterocycles. The van der Waals surface area contributed by atoms with E-state index in [1.54, 1.807) is 18.0 Å². The number of aliphatic carboxylic acids is 1. The van der Waals surface area contributed by atoms with Gasteiger partial charge < -0.3 is 24.8 Å². The Morgan fingerprint density at radius 2 is 2.23 bits per heavy atom. The number of pyridine rings is 1. The molecule has 0 bridgehead atoms. The molecule has 0 spiro atoms. The Bertz CT molecular complexity index is 662. The van der Waals surface area contributed by atoms with Gasteiger partial charge in [-0.1, -0.05) is 0 Å². The van der Waals surface area contributed by atoms with Crippen molar-refractivity contribution in [2.75, 3.05) is 26.3 Å². The summed E-state index contributed by atoms with van der Waals surface area (Å²) in [7, 11) is 0. The van der Waals surface area contributed by atoms with Crippen LogP contribution in [-0.4, -0.2) is 59.4 Å². The summed E-state index contributed by atoms with van der Waals surface area (Å²) < 4.78 is 11.2. The minimum Gasteiger partial charge on any atom is -0.481 e. The number of amides is 2. The van der Waals surface area contributed by atoms with Gasteiger partial charge in [-0.05, 0) is 25.0 Å². The Balaban J connectivity index is 1.51. The molecular formula is C18H25N3O5. The van der Waals surface area contributed by atoms with Gasteiger partial charge in [-0.25, -0.2) is 9.78 Å². The Labute approximate surface area is 152 Å². The highest BCUT2D eigenvalue weighted by Crippen LogP contribution is 2.30. The van der Waals surface area contributed by atoms with E-state index in [4.69, 9.17) is 9.47 Å². The van der Waals surface area contributed by atoms with Crippen molar-refractivity contribution in [3.63, 3.8) is 0 Å². The maximum Gasteiger partial charge on any atom is 0.317 e. The molecule has 0 radical (unpaired) electrons. The summed E-state index contributed by atoms with van der Waals surface area (Å²) in [5, 5.41) is 12.1. The Morgan fingerprint density at radius 3 is 2.92 bits per heavy atom. The highest BCUT2D eigenvalue weighted by Gasteiger charge is 2.42. The lowest BCUT2D eigenvalue weighted by molar-refractivity contribution is -0.147. The number of rotatable bonds is 5. The number of ether oxygens (including phenoxy) is 2. The SMILES string of the molecule is CC1(C(=O)O)CCN(C(=O)NCc2ccnc(OC3CCOCC3)c2)C1. The quantitative estimate of drug-likeness (QED) is 0.825. The molecule has 1 unspecified atom stereocenters. The van der Waals surface area contributed by atoms with Crippen molar-refractivity contribution >= 4 is 12.0 Å². The molecule has 3 rings (SSSR count). The molecule has 2 aliphatic rings. The van der Waals surface area contributed by atoms with Crippen LogP contribution < -0.4 is 10.1 Å². The van der Waals surface area contributed by atoms with E-state index in [-0.39, 0.29) is 18.7 Å². The normalized spacial score (nSPS) is 23.7. The molecule has 0 saturated carbocycles. The molecule has 1 aromatic rings. The number of carboxylic acid groups (broad SMARTS) is 1. The van der Waals surface area contributed by atoms with Crippen LogP contribution in [0.15, 0.2) is 18.3 Å². The molecule has 2 N–H and O–H groups in total. The number of nitrogens with zero attached hydrogens (tertiary/aromatic N) is 2. The summed E-state index contributed by atoms with van der Waals surface area (Å²) >= 11 is 0. The smallest absolute Gasteiger partial charge is 0.317 e. The number of carbonyl (C=O) groups is 2. The summed E-state index contributed by atoms with van der Waals surface area (Å²) in [5.41, 5.74) is 0.0224. The predicted molar refractivity (Wildman–Crippen MR) is 92.9 cm³/mol. The maximum atomic E-state index is 12.3. The molecule has 2 amide bonds. The summed E-state index contributed by atoms with van der Waals surface area (Å²) in [5.74, 6) is -0.319. The van der Waals surface area contributed by atoms with E-state index >= 15 is 0 Å². The lowest BCUT2D eigenvalue weighted by Crippen LogP contribution is -2.40. The number of hydrogen-bond donors (Lipinski definition) is 2. The first kappa shape index (κ1) is 18.4. The predicted octanol–water partition coefficient (Wildman–Crippen LogP) is 1.65. The number of likely N-dealkylation sites (tertiary alicyclic amines) is 1. The number of aromatic nitrogens is 1. The number of carboxylic acids is 1. The Morgan fingerprint density at radius 1 is 1.46 bits per heavy atom. The molecule has 0 aromatic carbocycles. The minimum atomic E-state index is -0.864. The van der Waals surface area contributed by atoms with Crippen molar-refractivity contribution in [1.82, 2.24) is 15.2 Å². The van der Waals surface area contributed by atoms with Crippen molar-refractivity contribution < 1.29 is 24.2 Å². The van der Waals surface area contributed by atoms with E-state index in [2.05, 4.69) is 10.3 Å². The minimum absolute atomic E-state index is 0.111. The van der Waals surface area contributed by atoms with Gasteiger partial charge in [0.15, 0.2) is 0 Å². The van der Waals surface area contributed by atoms with Crippen molar-refractivity contribution in [1.29, 1.82) is 0 Å². The second kappa shape index (κ2) is 7.90. The summed E-state index contributed by atoms with van der Waals surface area (Å²) in [6, 6.07) is 3.39. The topological polar surface area (TPSA) is 101 Å². The highest BCUT2D eigenvalue weighted by molar-refractivity contribution is 5.79. The molecule has 26 heavy (non-hydrogen) atoms. The average Bonchev–Trinajstić information content (AvgIpc) is 3.05. The Hall–Kier alpha value is -2.35. The molecule has 1 atom stereocenters. The molecule has 0 aliphatic carbocycles. The van der Waals surface area contributed by atoms with Gasteiger partial charge >= 0.3 is 12.0 Å². The zero-order chi connectivity index (χ0) is 18.6. The van der Waals surface area contributed by atoms with Crippen LogP contribution in [0.25, 0.3) is 0 Å². The molecule has 3 heterocycles. The molecule has 8 nitrogen and oxygen atoms in total. The van der Waals surface area contributed by atoms with Gasteiger partial charge in [-0.15, -0.1) is 0 Å². The zero-order valence-electron chi connectivity index (χ0n) is 14.9. The fraction of sp³-hybridized carbons (Fsp3) is 0.611. The molecule has 2 fully saturated rings. The van der Waals surface area contributed by atoms with E-state index in [0.717, 1.165) is 18.4 Å². The van der Waals surface area contributed by atoms with E-state index < -0.39 is 11.4 Å². The van der Waals surface area contributed by atoms with Crippen molar-refractivity contribution in [2.24, 2.45) is 5.41 Å². The lowest BCUT2D eigenvalue weighted by atomic mass is 9.90. The fourth-order valence-electron chi connectivity index (χ4n) is 3.19. The van der Waals surface area contributed by atoms with Crippen molar-refractivity contribution in [3.05, 3.63) is 23.9 Å². The van der Waals surface area contributed by atoms with E-state index in [9.17, 15) is 14.7 Å². The average molecular weight is 363 g/mol. The van der Waals surface area contributed by atoms with Crippen LogP contribution in [0.4, 0.5) is 4.79 Å². The van der Waals surface area contributed by atoms with Crippen LogP contribution in [0, 0.1) is 5.41 Å². The largest absolute Gasteiger partial charge is 0.481 e. The summed E-state index contributed by atoms with van der Waals surface area (Å²) in [6.07, 6.45) is 3.93. The summed E-state index contributed by atoms with van der Waals surface area (Å²) in [4.78, 5) is 29.4. The first-order valence-corrected chi connectivity index (χ1v) is 8.92. The second-order valence-corrected chi connectivity index (χ2v) is 7.13. The molecular weight excluding hydrogens is 338 g/mol. The molecule has 8 heteroatoms. The van der Waals surface area contributed by atoms with Gasteiger partial charge in [0.2, 0.25) is 5.88 Å². The third-order valence-electron chi connectivity index (χ3n) is 4.98. The number of carbonyl (C=O) groups excluding carboxylic acids is 1. The third kappa shape index (κ3) is 4.43. The first-order valence-electron chi connectivity index (χ1n) is 8.92. The Kier molecular flexibility index (Phi) is 5.61. The van der Waals surface area contributed by atoms with E-state index in [0.29, 0.717) is 38.6 Å². The van der Waals surface area contributed by atoms with E-state index in [1.807, 2.05) is 12.1 Å². The van der Waals surface area contributed by atoms with Gasteiger partial charge in [0.25, 0.3) is 0 Å². The van der Waals surface area contributed by atoms with Crippen molar-refractivity contribution in [3.8, 4) is 5.88 Å². The fourth-order valence-corrected chi connectivity index (χ4v) is 3.19. The highest BCUT2D eigenvalue weighted by atomic mass is 16.5. The van der Waals surface area contributed by atoms with Gasteiger partial charge in [0.05, 0.1) is 18.6 Å². The van der Waals surface area contributed by atoms with Crippen LogP contribution in [0.3, 0.4) is 0 Å². The summed E-state index contributed by atoms with van der Waals surface area (Å²) in [6.45, 7) is 4.08. The first-order chi connectivity index (χ1) is 12.5. The van der Waals surface area contributed by atoms with Crippen LogP contribution in [-0.2, 0) is 16.1 Å². The van der Waals surface area contributed by atoms with Gasteiger partial charge in [0.1, 0.15) is 6.10 Å². The molecule has 2 saturated heterocycles. The van der Waals surface area contributed by atoms with Crippen LogP contribution in [0.1, 0.15) is 31.7 Å². The van der Waals surface area contributed by atoms with Gasteiger partial charge in [-0.3, -0.25) is 4.79 Å². The third-order valence-corrected chi connectivity index (χ3v) is 4.98. The maximum absolute atomic E-state index is 12.3. The monoisotopic (exact) mass is 363 g/mol. The van der Waals surface area contributed by atoms with Crippen LogP contribution in [0.5, 0.6) is 5.88 Å². The van der Waals surface area contributed by atoms with Gasteiger partial charge in [-0.2, -0.15) is 0 Å². The lowest BCUT2D eigenvalue weighted by Gasteiger charge is -2.23. The zero-order valence-corrected chi connectivity index (χ0v) is 14.9. The second-order valence-electron chi connectivity index (χ2n) is 7.13. The number of nitrogens with one attached hydrogen (secondary N) is 1. The standard InChI is InChI=1S/C18H25N3O5/c1-18(16(22)23)5-7-21(12-18)17(24)20-11-13-2-6-19-15(10-13)26-14-3-8-25-9-4-14/h2,6,10,14H,3-5,7-9,11-12H2,1H3,(H,20,24)(H,22,23). The van der Waals surface area contributed by atoms with Crippen LogP contribution >= 0.6 is 0 Å².